The van der Waals surface area contributed by atoms with Gasteiger partial charge in [0, 0.05) is 22.0 Å². The van der Waals surface area contributed by atoms with E-state index in [4.69, 9.17) is 0 Å². The van der Waals surface area contributed by atoms with Crippen molar-refractivity contribution in [2.45, 2.75) is 32.7 Å². The van der Waals surface area contributed by atoms with Crippen molar-refractivity contribution in [1.29, 1.82) is 0 Å². The van der Waals surface area contributed by atoms with Crippen molar-refractivity contribution in [1.82, 2.24) is 5.32 Å². The molecule has 0 aliphatic heterocycles. The molecule has 0 aliphatic carbocycles. The molecule has 1 aromatic carbocycles. The van der Waals surface area contributed by atoms with Gasteiger partial charge in [-0.3, -0.25) is 4.79 Å². The monoisotopic (exact) mass is 291 g/mol. The molecule has 0 bridgehead atoms. The number of aryl methyl sites for hydroxylation is 1. The normalized spacial score (nSPS) is 12.6. The highest BCUT2D eigenvalue weighted by Crippen LogP contribution is 2.34. The Balaban J connectivity index is 1.95. The van der Waals surface area contributed by atoms with Crippen molar-refractivity contribution in [2.24, 2.45) is 0 Å². The number of ether oxygens (including phenoxy) is 1. The summed E-state index contributed by atoms with van der Waals surface area (Å²) in [6.45, 7) is 5.18. The first kappa shape index (κ1) is 15.0. The summed E-state index contributed by atoms with van der Waals surface area (Å²) < 4.78 is 5.97. The first-order valence-electron chi connectivity index (χ1n) is 6.91. The van der Waals surface area contributed by atoms with Gasteiger partial charge in [-0.1, -0.05) is 18.2 Å². The molecule has 2 aromatic rings. The average molecular weight is 291 g/mol. The van der Waals surface area contributed by atoms with Gasteiger partial charge in [0.2, 0.25) is 0 Å². The summed E-state index contributed by atoms with van der Waals surface area (Å²) in [6.07, 6.45) is 1.28. The Labute approximate surface area is 123 Å². The van der Waals surface area contributed by atoms with Crippen LogP contribution in [0.3, 0.4) is 0 Å². The molecule has 0 fully saturated rings. The minimum Gasteiger partial charge on any atom is -0.469 e. The van der Waals surface area contributed by atoms with E-state index in [0.717, 1.165) is 13.0 Å². The van der Waals surface area contributed by atoms with Gasteiger partial charge in [0.15, 0.2) is 0 Å². The quantitative estimate of drug-likeness (QED) is 0.649. The Morgan fingerprint density at radius 1 is 1.40 bits per heavy atom. The smallest absolute Gasteiger partial charge is 0.305 e. The van der Waals surface area contributed by atoms with E-state index in [1.807, 2.05) is 11.3 Å². The van der Waals surface area contributed by atoms with Crippen molar-refractivity contribution >= 4 is 27.4 Å². The molecule has 4 heteroatoms. The largest absolute Gasteiger partial charge is 0.469 e. The van der Waals surface area contributed by atoms with Gasteiger partial charge in [-0.2, -0.15) is 0 Å². The molecular formula is C16H21NO2S. The SMILES string of the molecule is COC(=O)CCCNC(C)c1sc2ccccc2c1C. The predicted octanol–water partition coefficient (Wildman–Crippen LogP) is 3.81. The summed E-state index contributed by atoms with van der Waals surface area (Å²) in [5.41, 5.74) is 1.36. The first-order valence-corrected chi connectivity index (χ1v) is 7.73. The van der Waals surface area contributed by atoms with Crippen LogP contribution >= 0.6 is 11.3 Å². The van der Waals surface area contributed by atoms with Crippen LogP contribution in [0.2, 0.25) is 0 Å². The van der Waals surface area contributed by atoms with Gasteiger partial charge in [-0.25, -0.2) is 0 Å². The summed E-state index contributed by atoms with van der Waals surface area (Å²) in [5.74, 6) is -0.141. The number of hydrogen-bond acceptors (Lipinski definition) is 4. The van der Waals surface area contributed by atoms with Gasteiger partial charge in [0.1, 0.15) is 0 Å². The summed E-state index contributed by atoms with van der Waals surface area (Å²) in [7, 11) is 1.43. The lowest BCUT2D eigenvalue weighted by atomic mass is 10.1. The molecule has 1 heterocycles. The number of carbonyl (C=O) groups excluding carboxylic acids is 1. The molecule has 1 N–H and O–H groups in total. The zero-order valence-corrected chi connectivity index (χ0v) is 13.0. The molecule has 0 amide bonds. The fourth-order valence-electron chi connectivity index (χ4n) is 2.35. The third kappa shape index (κ3) is 3.38. The Hall–Kier alpha value is -1.39. The number of benzene rings is 1. The van der Waals surface area contributed by atoms with Gasteiger partial charge >= 0.3 is 5.97 Å². The third-order valence-corrected chi connectivity index (χ3v) is 4.97. The molecule has 20 heavy (non-hydrogen) atoms. The van der Waals surface area contributed by atoms with E-state index >= 15 is 0 Å². The number of thiophene rings is 1. The average Bonchev–Trinajstić information content (AvgIpc) is 2.81. The van der Waals surface area contributed by atoms with Crippen LogP contribution in [-0.4, -0.2) is 19.6 Å². The molecule has 0 aliphatic rings. The molecule has 0 spiro atoms. The van der Waals surface area contributed by atoms with Gasteiger partial charge in [-0.05, 0) is 43.8 Å². The van der Waals surface area contributed by atoms with Crippen LogP contribution in [-0.2, 0) is 9.53 Å². The van der Waals surface area contributed by atoms with Gasteiger partial charge in [-0.15, -0.1) is 11.3 Å². The van der Waals surface area contributed by atoms with Gasteiger partial charge < -0.3 is 10.1 Å². The number of rotatable bonds is 6. The second kappa shape index (κ2) is 6.86. The van der Waals surface area contributed by atoms with Gasteiger partial charge in [0.05, 0.1) is 7.11 Å². The van der Waals surface area contributed by atoms with Crippen molar-refractivity contribution in [3.63, 3.8) is 0 Å². The van der Waals surface area contributed by atoms with E-state index in [1.54, 1.807) is 0 Å². The predicted molar refractivity (Wildman–Crippen MR) is 84.2 cm³/mol. The van der Waals surface area contributed by atoms with Gasteiger partial charge in [0.25, 0.3) is 0 Å². The lowest BCUT2D eigenvalue weighted by Gasteiger charge is -2.13. The molecule has 3 nitrogen and oxygen atoms in total. The lowest BCUT2D eigenvalue weighted by molar-refractivity contribution is -0.140. The van der Waals surface area contributed by atoms with E-state index < -0.39 is 0 Å². The fraction of sp³-hybridized carbons (Fsp3) is 0.438. The van der Waals surface area contributed by atoms with E-state index in [1.165, 1.54) is 27.6 Å². The molecule has 1 unspecified atom stereocenters. The maximum atomic E-state index is 11.1. The Morgan fingerprint density at radius 3 is 2.85 bits per heavy atom. The van der Waals surface area contributed by atoms with Crippen molar-refractivity contribution in [3.8, 4) is 0 Å². The van der Waals surface area contributed by atoms with Crippen LogP contribution < -0.4 is 5.32 Å². The van der Waals surface area contributed by atoms with E-state index in [0.29, 0.717) is 12.5 Å². The highest BCUT2D eigenvalue weighted by Gasteiger charge is 2.13. The van der Waals surface area contributed by atoms with Crippen LogP contribution in [0.5, 0.6) is 0 Å². The standard InChI is InChI=1S/C16H21NO2S/c1-11-13-7-4-5-8-14(13)20-16(11)12(2)17-10-6-9-15(18)19-3/h4-5,7-8,12,17H,6,9-10H2,1-3H3. The Morgan fingerprint density at radius 2 is 2.15 bits per heavy atom. The maximum absolute atomic E-state index is 11.1. The second-order valence-corrected chi connectivity index (χ2v) is 6.03. The van der Waals surface area contributed by atoms with Crippen LogP contribution in [0.1, 0.15) is 36.2 Å². The Bertz CT molecular complexity index is 591. The highest BCUT2D eigenvalue weighted by atomic mass is 32.1. The van der Waals surface area contributed by atoms with E-state index in [9.17, 15) is 4.79 Å². The number of esters is 1. The molecule has 0 saturated carbocycles. The molecule has 2 rings (SSSR count). The number of methoxy groups -OCH3 is 1. The number of nitrogens with one attached hydrogen (secondary N) is 1. The summed E-state index contributed by atoms with van der Waals surface area (Å²) in [4.78, 5) is 12.4. The number of fused-ring (bicyclic) bond motifs is 1. The lowest BCUT2D eigenvalue weighted by Crippen LogP contribution is -2.20. The van der Waals surface area contributed by atoms with Crippen LogP contribution in [0.15, 0.2) is 24.3 Å². The molecule has 0 radical (unpaired) electrons. The molecular weight excluding hydrogens is 270 g/mol. The molecule has 108 valence electrons. The Kier molecular flexibility index (Phi) is 5.15. The van der Waals surface area contributed by atoms with Crippen molar-refractivity contribution in [3.05, 3.63) is 34.7 Å². The summed E-state index contributed by atoms with van der Waals surface area (Å²) in [5, 5.41) is 4.83. The van der Waals surface area contributed by atoms with E-state index in [2.05, 4.69) is 48.2 Å². The zero-order valence-electron chi connectivity index (χ0n) is 12.2. The summed E-state index contributed by atoms with van der Waals surface area (Å²) in [6, 6.07) is 8.82. The van der Waals surface area contributed by atoms with Crippen LogP contribution in [0.25, 0.3) is 10.1 Å². The molecule has 0 saturated heterocycles. The van der Waals surface area contributed by atoms with Crippen LogP contribution in [0.4, 0.5) is 0 Å². The minimum atomic E-state index is -0.141. The third-order valence-electron chi connectivity index (χ3n) is 3.51. The highest BCUT2D eigenvalue weighted by molar-refractivity contribution is 7.19. The molecule has 1 aromatic heterocycles. The van der Waals surface area contributed by atoms with Crippen molar-refractivity contribution < 1.29 is 9.53 Å². The topological polar surface area (TPSA) is 38.3 Å². The first-order chi connectivity index (χ1) is 9.63. The zero-order chi connectivity index (χ0) is 14.5. The number of carbonyl (C=O) groups is 1. The molecule has 1 atom stereocenters. The second-order valence-electron chi connectivity index (χ2n) is 4.94. The van der Waals surface area contributed by atoms with E-state index in [-0.39, 0.29) is 5.97 Å². The maximum Gasteiger partial charge on any atom is 0.305 e. The fourth-order valence-corrected chi connectivity index (χ4v) is 3.59. The summed E-state index contributed by atoms with van der Waals surface area (Å²) >= 11 is 1.85. The number of hydrogen-bond donors (Lipinski definition) is 1. The van der Waals surface area contributed by atoms with Crippen molar-refractivity contribution in [2.75, 3.05) is 13.7 Å². The minimum absolute atomic E-state index is 0.141. The van der Waals surface area contributed by atoms with Crippen LogP contribution in [0, 0.1) is 6.92 Å².